The van der Waals surface area contributed by atoms with E-state index in [0.717, 1.165) is 0 Å². The lowest BCUT2D eigenvalue weighted by Gasteiger charge is -2.45. The van der Waals surface area contributed by atoms with Gasteiger partial charge in [0.1, 0.15) is 23.9 Å². The van der Waals surface area contributed by atoms with Gasteiger partial charge in [0.2, 0.25) is 0 Å². The fourth-order valence-electron chi connectivity index (χ4n) is 6.72. The molecule has 0 spiro atoms. The lowest BCUT2D eigenvalue weighted by molar-refractivity contribution is -0.308. The highest BCUT2D eigenvalue weighted by atomic mass is 16.7. The predicted molar refractivity (Wildman–Crippen MR) is 186 cm³/mol. The predicted octanol–water partition coefficient (Wildman–Crippen LogP) is 0.923. The van der Waals surface area contributed by atoms with Gasteiger partial charge < -0.3 is 60.4 Å². The van der Waals surface area contributed by atoms with E-state index in [-0.39, 0.29) is 44.3 Å². The van der Waals surface area contributed by atoms with Crippen molar-refractivity contribution in [1.29, 1.82) is 0 Å². The fourth-order valence-corrected chi connectivity index (χ4v) is 6.72. The Morgan fingerprint density at radius 2 is 1.65 bits per heavy atom. The molecule has 0 amide bonds. The summed E-state index contributed by atoms with van der Waals surface area (Å²) in [6.07, 6.45) is 1.33. The third kappa shape index (κ3) is 12.9. The Bertz CT molecular complexity index is 1290. The SMILES string of the molecule is CCC1C(=O)OC(C)CC=CC=CC=CC=CC(OC2OC(C)C(O)C(N)C2O)CC2OC(O)(CC(O)CCCC(=O)CC1O)CC(O)C2C(=O)O. The average Bonchev–Trinajstić information content (AvgIpc) is 3.04. The number of hydrogen-bond donors (Lipinski definition) is 8. The van der Waals surface area contributed by atoms with E-state index in [9.17, 15) is 50.1 Å². The number of ether oxygens (including phenoxy) is 4. The molecule has 3 rings (SSSR count). The molecule has 52 heavy (non-hydrogen) atoms. The molecule has 14 unspecified atom stereocenters. The number of aliphatic hydroxyl groups excluding tert-OH is 5. The topological polar surface area (TPSA) is 256 Å². The molecule has 0 aliphatic carbocycles. The maximum atomic E-state index is 12.8. The molecule has 15 heteroatoms. The molecule has 15 nitrogen and oxygen atoms in total. The summed E-state index contributed by atoms with van der Waals surface area (Å²) in [5, 5.41) is 74.8. The van der Waals surface area contributed by atoms with Gasteiger partial charge >= 0.3 is 11.9 Å². The Hall–Kier alpha value is -2.83. The number of carbonyl (C=O) groups excluding carboxylic acids is 2. The summed E-state index contributed by atoms with van der Waals surface area (Å²) in [6.45, 7) is 5.00. The van der Waals surface area contributed by atoms with Crippen molar-refractivity contribution in [3.8, 4) is 0 Å². The second-order valence-corrected chi connectivity index (χ2v) is 14.1. The van der Waals surface area contributed by atoms with Crippen LogP contribution in [0.25, 0.3) is 0 Å². The highest BCUT2D eigenvalue weighted by molar-refractivity contribution is 5.80. The molecule has 0 aromatic rings. The van der Waals surface area contributed by atoms with Crippen LogP contribution in [0.4, 0.5) is 0 Å². The van der Waals surface area contributed by atoms with E-state index in [4.69, 9.17) is 24.7 Å². The first-order valence-corrected chi connectivity index (χ1v) is 18.0. The van der Waals surface area contributed by atoms with E-state index >= 15 is 0 Å². The molecule has 0 aromatic heterocycles. The molecule has 0 radical (unpaired) electrons. The lowest BCUT2D eigenvalue weighted by Crippen LogP contribution is -2.61. The van der Waals surface area contributed by atoms with Gasteiger partial charge in [-0.05, 0) is 33.1 Å². The zero-order chi connectivity index (χ0) is 38.6. The van der Waals surface area contributed by atoms with Gasteiger partial charge in [0.15, 0.2) is 12.1 Å². The summed E-state index contributed by atoms with van der Waals surface area (Å²) in [6, 6.07) is -1.10. The van der Waals surface area contributed by atoms with Crippen molar-refractivity contribution in [2.45, 2.75) is 152 Å². The zero-order valence-electron chi connectivity index (χ0n) is 30.1. The lowest BCUT2D eigenvalue weighted by atomic mass is 9.83. The van der Waals surface area contributed by atoms with Crippen molar-refractivity contribution in [2.75, 3.05) is 0 Å². The van der Waals surface area contributed by atoms with Crippen molar-refractivity contribution < 1.29 is 69.1 Å². The minimum Gasteiger partial charge on any atom is -0.481 e. The highest BCUT2D eigenvalue weighted by Crippen LogP contribution is 2.38. The standard InChI is InChI=1S/C37H57NO14/c1-4-26-27(41)17-23(39)14-12-15-24(40)19-37(48)20-28(42)30(34(45)46)29(52-37)18-25(51-36-33(44)31(38)32(43)22(3)50-36)16-11-9-7-5-6-8-10-13-21(2)49-35(26)47/h5-11,16,21-22,24-33,36,40-44,48H,4,12-15,17-20,38H2,1-3H3,(H,45,46). The second-order valence-electron chi connectivity index (χ2n) is 14.1. The first kappa shape index (κ1) is 43.6. The Kier molecular flexibility index (Phi) is 17.2. The third-order valence-corrected chi connectivity index (χ3v) is 9.66. The van der Waals surface area contributed by atoms with Crippen LogP contribution in [0.15, 0.2) is 48.6 Å². The van der Waals surface area contributed by atoms with E-state index < -0.39 is 110 Å². The highest BCUT2D eigenvalue weighted by Gasteiger charge is 2.50. The van der Waals surface area contributed by atoms with Gasteiger partial charge in [-0.15, -0.1) is 0 Å². The number of ketones is 1. The average molecular weight is 740 g/mol. The molecule has 2 bridgehead atoms. The number of rotatable bonds is 4. The minimum atomic E-state index is -2.15. The van der Waals surface area contributed by atoms with Crippen LogP contribution < -0.4 is 5.73 Å². The van der Waals surface area contributed by atoms with Crippen LogP contribution in [0, 0.1) is 11.8 Å². The number of fused-ring (bicyclic) bond motifs is 2. The van der Waals surface area contributed by atoms with Crippen LogP contribution in [-0.4, -0.2) is 127 Å². The number of esters is 1. The minimum absolute atomic E-state index is 0.0197. The largest absolute Gasteiger partial charge is 0.481 e. The summed E-state index contributed by atoms with van der Waals surface area (Å²) in [5.41, 5.74) is 5.98. The molecule has 0 aromatic carbocycles. The molecule has 294 valence electrons. The van der Waals surface area contributed by atoms with Crippen molar-refractivity contribution in [1.82, 2.24) is 0 Å². The summed E-state index contributed by atoms with van der Waals surface area (Å²) in [5.74, 6) is -6.84. The van der Waals surface area contributed by atoms with E-state index in [2.05, 4.69) is 0 Å². The summed E-state index contributed by atoms with van der Waals surface area (Å²) in [7, 11) is 0. The molecular formula is C37H57NO14. The van der Waals surface area contributed by atoms with Gasteiger partial charge in [0.25, 0.3) is 0 Å². The Labute approximate surface area is 304 Å². The van der Waals surface area contributed by atoms with E-state index in [1.165, 1.54) is 0 Å². The number of carboxylic acid groups (broad SMARTS) is 1. The number of nitrogens with two attached hydrogens (primary N) is 1. The van der Waals surface area contributed by atoms with Gasteiger partial charge in [-0.25, -0.2) is 0 Å². The van der Waals surface area contributed by atoms with Crippen LogP contribution >= 0.6 is 0 Å². The van der Waals surface area contributed by atoms with Gasteiger partial charge in [-0.1, -0.05) is 55.5 Å². The van der Waals surface area contributed by atoms with E-state index in [1.807, 2.05) is 0 Å². The quantitative estimate of drug-likeness (QED) is 0.187. The fraction of sp³-hybridized carbons (Fsp3) is 0.703. The van der Waals surface area contributed by atoms with Crippen LogP contribution in [0.3, 0.4) is 0 Å². The molecule has 3 heterocycles. The van der Waals surface area contributed by atoms with Gasteiger partial charge in [0.05, 0.1) is 54.7 Å². The van der Waals surface area contributed by atoms with E-state index in [0.29, 0.717) is 6.42 Å². The molecule has 14 atom stereocenters. The molecule has 2 fully saturated rings. The second kappa shape index (κ2) is 20.6. The summed E-state index contributed by atoms with van der Waals surface area (Å²) >= 11 is 0. The van der Waals surface area contributed by atoms with Gasteiger partial charge in [-0.2, -0.15) is 0 Å². The Morgan fingerprint density at radius 3 is 2.33 bits per heavy atom. The van der Waals surface area contributed by atoms with Crippen molar-refractivity contribution in [3.05, 3.63) is 48.6 Å². The summed E-state index contributed by atoms with van der Waals surface area (Å²) < 4.78 is 23.1. The molecular weight excluding hydrogens is 682 g/mol. The van der Waals surface area contributed by atoms with Crippen molar-refractivity contribution in [2.24, 2.45) is 17.6 Å². The Morgan fingerprint density at radius 1 is 0.981 bits per heavy atom. The third-order valence-electron chi connectivity index (χ3n) is 9.66. The van der Waals surface area contributed by atoms with Gasteiger partial charge in [-0.3, -0.25) is 14.4 Å². The monoisotopic (exact) mass is 739 g/mol. The van der Waals surface area contributed by atoms with Crippen LogP contribution in [0.5, 0.6) is 0 Å². The molecule has 0 saturated carbocycles. The van der Waals surface area contributed by atoms with Crippen LogP contribution in [0.1, 0.15) is 78.6 Å². The van der Waals surface area contributed by atoms with Crippen molar-refractivity contribution >= 4 is 17.7 Å². The molecule has 3 aliphatic rings. The molecule has 3 aliphatic heterocycles. The first-order valence-electron chi connectivity index (χ1n) is 18.0. The smallest absolute Gasteiger partial charge is 0.311 e. The number of aliphatic carboxylic acids is 1. The first-order chi connectivity index (χ1) is 24.5. The summed E-state index contributed by atoms with van der Waals surface area (Å²) in [4.78, 5) is 37.8. The number of Topliss-reactive ketones (excluding diaryl/α,β-unsaturated/α-hetero) is 1. The normalized spacial score (nSPS) is 41.0. The zero-order valence-corrected chi connectivity index (χ0v) is 30.1. The maximum Gasteiger partial charge on any atom is 0.311 e. The molecule has 2 saturated heterocycles. The van der Waals surface area contributed by atoms with Crippen LogP contribution in [0.2, 0.25) is 0 Å². The number of cyclic esters (lactones) is 1. The Balaban J connectivity index is 1.88. The number of hydrogen-bond acceptors (Lipinski definition) is 14. The number of carboxylic acids is 1. The number of allylic oxidation sites excluding steroid dienone is 6. The van der Waals surface area contributed by atoms with E-state index in [1.54, 1.807) is 69.4 Å². The molecule has 9 N–H and O–H groups in total. The van der Waals surface area contributed by atoms with Gasteiger partial charge in [0, 0.05) is 38.5 Å². The number of carbonyl (C=O) groups is 3. The van der Waals surface area contributed by atoms with Crippen molar-refractivity contribution in [3.63, 3.8) is 0 Å². The maximum absolute atomic E-state index is 12.8. The number of aliphatic hydroxyl groups is 6. The van der Waals surface area contributed by atoms with Crippen LogP contribution in [-0.2, 0) is 33.3 Å².